The molecule has 2 rings (SSSR count). The van der Waals surface area contributed by atoms with E-state index < -0.39 is 0 Å². The summed E-state index contributed by atoms with van der Waals surface area (Å²) in [5.74, 6) is -0.169. The van der Waals surface area contributed by atoms with E-state index in [1.165, 1.54) is 0 Å². The lowest BCUT2D eigenvalue weighted by Crippen LogP contribution is -2.12. The summed E-state index contributed by atoms with van der Waals surface area (Å²) in [4.78, 5) is 14.7. The number of hydrogen-bond acceptors (Lipinski definition) is 1. The van der Waals surface area contributed by atoms with Gasteiger partial charge in [0.1, 0.15) is 5.69 Å². The summed E-state index contributed by atoms with van der Waals surface area (Å²) in [7, 11) is 0. The molecule has 0 aliphatic heterocycles. The lowest BCUT2D eigenvalue weighted by Gasteiger charge is -2.05. The summed E-state index contributed by atoms with van der Waals surface area (Å²) >= 11 is 6.65. The Morgan fingerprint density at radius 1 is 1.25 bits per heavy atom. The maximum atomic E-state index is 11.8. The van der Waals surface area contributed by atoms with Gasteiger partial charge in [-0.1, -0.05) is 12.1 Å². The number of para-hydroxylation sites is 1. The van der Waals surface area contributed by atoms with Crippen LogP contribution in [0.2, 0.25) is 0 Å². The van der Waals surface area contributed by atoms with Gasteiger partial charge in [-0.25, -0.2) is 0 Å². The zero-order valence-electron chi connectivity index (χ0n) is 8.13. The highest BCUT2D eigenvalue weighted by atomic mass is 79.9. The van der Waals surface area contributed by atoms with Crippen molar-refractivity contribution in [1.82, 2.24) is 4.98 Å². The van der Waals surface area contributed by atoms with Crippen molar-refractivity contribution in [3.05, 3.63) is 51.2 Å². The third kappa shape index (κ3) is 2.54. The Morgan fingerprint density at radius 2 is 2.00 bits per heavy atom. The number of aromatic nitrogens is 1. The van der Waals surface area contributed by atoms with Gasteiger partial charge in [0, 0.05) is 15.1 Å². The Morgan fingerprint density at radius 3 is 2.62 bits per heavy atom. The molecule has 2 N–H and O–H groups in total. The number of amides is 1. The molecule has 5 heteroatoms. The Balaban J connectivity index is 2.17. The minimum absolute atomic E-state index is 0.169. The maximum Gasteiger partial charge on any atom is 0.272 e. The van der Waals surface area contributed by atoms with Crippen LogP contribution in [-0.2, 0) is 0 Å². The zero-order chi connectivity index (χ0) is 11.5. The monoisotopic (exact) mass is 342 g/mol. The number of nitrogens with one attached hydrogen (secondary N) is 2. The molecule has 2 aromatic rings. The van der Waals surface area contributed by atoms with E-state index in [2.05, 4.69) is 42.2 Å². The average molecular weight is 344 g/mol. The molecule has 0 aliphatic carbocycles. The second kappa shape index (κ2) is 4.84. The molecule has 1 heterocycles. The van der Waals surface area contributed by atoms with Gasteiger partial charge in [0.25, 0.3) is 5.91 Å². The minimum atomic E-state index is -0.169. The van der Waals surface area contributed by atoms with Gasteiger partial charge in [-0.3, -0.25) is 4.79 Å². The van der Waals surface area contributed by atoms with Crippen molar-refractivity contribution >= 4 is 43.5 Å². The second-order valence-electron chi connectivity index (χ2n) is 3.17. The highest BCUT2D eigenvalue weighted by molar-refractivity contribution is 9.10. The molecule has 0 aliphatic rings. The lowest BCUT2D eigenvalue weighted by atomic mass is 10.3. The number of hydrogen-bond donors (Lipinski definition) is 2. The third-order valence-electron chi connectivity index (χ3n) is 2.01. The van der Waals surface area contributed by atoms with E-state index in [1.54, 1.807) is 12.3 Å². The summed E-state index contributed by atoms with van der Waals surface area (Å²) in [6, 6.07) is 9.20. The molecule has 16 heavy (non-hydrogen) atoms. The van der Waals surface area contributed by atoms with E-state index in [0.717, 1.165) is 14.6 Å². The smallest absolute Gasteiger partial charge is 0.272 e. The van der Waals surface area contributed by atoms with Crippen molar-refractivity contribution in [2.24, 2.45) is 0 Å². The van der Waals surface area contributed by atoms with Crippen molar-refractivity contribution < 1.29 is 4.79 Å². The highest BCUT2D eigenvalue weighted by Crippen LogP contribution is 2.22. The van der Waals surface area contributed by atoms with Gasteiger partial charge in [0.05, 0.1) is 5.69 Å². The normalized spacial score (nSPS) is 10.1. The van der Waals surface area contributed by atoms with Gasteiger partial charge in [0.15, 0.2) is 0 Å². The standard InChI is InChI=1S/C11H8Br2N2O/c12-7-5-10(14-6-7)11(16)15-9-4-2-1-3-8(9)13/h1-6,14H,(H,15,16). The molecule has 1 aromatic heterocycles. The fourth-order valence-electron chi connectivity index (χ4n) is 1.25. The molecule has 82 valence electrons. The van der Waals surface area contributed by atoms with E-state index in [4.69, 9.17) is 0 Å². The summed E-state index contributed by atoms with van der Waals surface area (Å²) in [6.45, 7) is 0. The van der Waals surface area contributed by atoms with Gasteiger partial charge in [-0.05, 0) is 50.1 Å². The predicted molar refractivity (Wildman–Crippen MR) is 70.6 cm³/mol. The van der Waals surface area contributed by atoms with Crippen LogP contribution >= 0.6 is 31.9 Å². The topological polar surface area (TPSA) is 44.9 Å². The van der Waals surface area contributed by atoms with E-state index >= 15 is 0 Å². The van der Waals surface area contributed by atoms with E-state index in [1.807, 2.05) is 24.3 Å². The Bertz CT molecular complexity index is 522. The zero-order valence-corrected chi connectivity index (χ0v) is 11.3. The largest absolute Gasteiger partial charge is 0.356 e. The molecule has 0 atom stereocenters. The van der Waals surface area contributed by atoms with Crippen molar-refractivity contribution in [2.75, 3.05) is 5.32 Å². The van der Waals surface area contributed by atoms with Crippen LogP contribution in [0.4, 0.5) is 5.69 Å². The van der Waals surface area contributed by atoms with Gasteiger partial charge in [-0.15, -0.1) is 0 Å². The molecule has 1 aromatic carbocycles. The Hall–Kier alpha value is -1.07. The van der Waals surface area contributed by atoms with Crippen molar-refractivity contribution in [3.8, 4) is 0 Å². The molecule has 1 amide bonds. The van der Waals surface area contributed by atoms with Crippen LogP contribution in [0.1, 0.15) is 10.5 Å². The second-order valence-corrected chi connectivity index (χ2v) is 4.94. The molecule has 0 saturated carbocycles. The molecule has 0 fully saturated rings. The van der Waals surface area contributed by atoms with Crippen molar-refractivity contribution in [1.29, 1.82) is 0 Å². The predicted octanol–water partition coefficient (Wildman–Crippen LogP) is 3.79. The van der Waals surface area contributed by atoms with Crippen LogP contribution in [0.25, 0.3) is 0 Å². The van der Waals surface area contributed by atoms with Crippen LogP contribution in [0.15, 0.2) is 45.5 Å². The quantitative estimate of drug-likeness (QED) is 0.856. The molecule has 0 spiro atoms. The lowest BCUT2D eigenvalue weighted by molar-refractivity contribution is 0.102. The highest BCUT2D eigenvalue weighted by Gasteiger charge is 2.09. The van der Waals surface area contributed by atoms with Gasteiger partial charge >= 0.3 is 0 Å². The van der Waals surface area contributed by atoms with Crippen LogP contribution in [0.5, 0.6) is 0 Å². The third-order valence-corrected chi connectivity index (χ3v) is 3.16. The van der Waals surface area contributed by atoms with Crippen LogP contribution in [0.3, 0.4) is 0 Å². The van der Waals surface area contributed by atoms with E-state index in [0.29, 0.717) is 5.69 Å². The number of benzene rings is 1. The van der Waals surface area contributed by atoms with Crippen LogP contribution in [-0.4, -0.2) is 10.9 Å². The number of halogens is 2. The number of aromatic amines is 1. The summed E-state index contributed by atoms with van der Waals surface area (Å²) in [5.41, 5.74) is 1.26. The van der Waals surface area contributed by atoms with E-state index in [-0.39, 0.29) is 5.91 Å². The minimum Gasteiger partial charge on any atom is -0.356 e. The fraction of sp³-hybridized carbons (Fsp3) is 0. The summed E-state index contributed by atoms with van der Waals surface area (Å²) < 4.78 is 1.71. The Labute approximate surface area is 110 Å². The van der Waals surface area contributed by atoms with Crippen molar-refractivity contribution in [2.45, 2.75) is 0 Å². The molecular formula is C11H8Br2N2O. The maximum absolute atomic E-state index is 11.8. The average Bonchev–Trinajstić information content (AvgIpc) is 2.68. The first-order valence-electron chi connectivity index (χ1n) is 4.56. The van der Waals surface area contributed by atoms with Gasteiger partial charge in [-0.2, -0.15) is 0 Å². The number of carbonyl (C=O) groups is 1. The fourth-order valence-corrected chi connectivity index (χ4v) is 1.98. The van der Waals surface area contributed by atoms with Crippen LogP contribution in [0, 0.1) is 0 Å². The number of anilines is 1. The van der Waals surface area contributed by atoms with Gasteiger partial charge < -0.3 is 10.3 Å². The molecular weight excluding hydrogens is 336 g/mol. The summed E-state index contributed by atoms with van der Waals surface area (Å²) in [5, 5.41) is 2.80. The first-order chi connectivity index (χ1) is 7.66. The first-order valence-corrected chi connectivity index (χ1v) is 6.15. The number of H-pyrrole nitrogens is 1. The molecule has 0 bridgehead atoms. The van der Waals surface area contributed by atoms with Gasteiger partial charge in [0.2, 0.25) is 0 Å². The number of rotatable bonds is 2. The van der Waals surface area contributed by atoms with E-state index in [9.17, 15) is 4.79 Å². The molecule has 0 radical (unpaired) electrons. The van der Waals surface area contributed by atoms with Crippen molar-refractivity contribution in [3.63, 3.8) is 0 Å². The molecule has 0 saturated heterocycles. The number of carbonyl (C=O) groups excluding carboxylic acids is 1. The first kappa shape index (κ1) is 11.4. The summed E-state index contributed by atoms with van der Waals surface area (Å²) in [6.07, 6.45) is 1.72. The molecule has 3 nitrogen and oxygen atoms in total. The SMILES string of the molecule is O=C(Nc1ccccc1Br)c1cc(Br)c[nH]1. The Kier molecular flexibility index (Phi) is 3.46. The molecule has 0 unspecified atom stereocenters. The van der Waals surface area contributed by atoms with Crippen LogP contribution < -0.4 is 5.32 Å².